The number of hydrazine groups is 1. The van der Waals surface area contributed by atoms with Crippen molar-refractivity contribution in [3.05, 3.63) is 106 Å². The molecule has 2 N–H and O–H groups in total. The highest BCUT2D eigenvalue weighted by atomic mass is 32.1. The predicted octanol–water partition coefficient (Wildman–Crippen LogP) is 3.84. The van der Waals surface area contributed by atoms with Gasteiger partial charge in [0, 0.05) is 6.42 Å². The Bertz CT molecular complexity index is 1400. The van der Waals surface area contributed by atoms with Crippen molar-refractivity contribution in [2.75, 3.05) is 0 Å². The molecular formula is C27H25N3O5S. The fourth-order valence-corrected chi connectivity index (χ4v) is 4.77. The van der Waals surface area contributed by atoms with Crippen molar-refractivity contribution in [1.29, 1.82) is 0 Å². The minimum Gasteiger partial charge on any atom is -0.443 e. The predicted molar refractivity (Wildman–Crippen MR) is 137 cm³/mol. The van der Waals surface area contributed by atoms with Crippen molar-refractivity contribution in [2.45, 2.75) is 26.0 Å². The third-order valence-electron chi connectivity index (χ3n) is 5.54. The molecule has 0 radical (unpaired) electrons. The van der Waals surface area contributed by atoms with E-state index in [1.807, 2.05) is 72.8 Å². The molecule has 0 saturated carbocycles. The summed E-state index contributed by atoms with van der Waals surface area (Å²) >= 11 is 1.22. The van der Waals surface area contributed by atoms with Gasteiger partial charge in [-0.3, -0.25) is 23.8 Å². The number of Topliss-reactive ketones (excluding diaryl/α,β-unsaturated/α-hetero) is 1. The van der Waals surface area contributed by atoms with E-state index in [9.17, 15) is 19.2 Å². The first-order valence-electron chi connectivity index (χ1n) is 11.4. The van der Waals surface area contributed by atoms with Gasteiger partial charge in [-0.25, -0.2) is 10.2 Å². The number of carbonyl (C=O) groups is 3. The normalized spacial score (nSPS) is 11.6. The molecule has 0 spiro atoms. The van der Waals surface area contributed by atoms with Crippen molar-refractivity contribution >= 4 is 39.4 Å². The van der Waals surface area contributed by atoms with Gasteiger partial charge in [0.1, 0.15) is 6.61 Å². The molecule has 4 aromatic rings. The van der Waals surface area contributed by atoms with Gasteiger partial charge in [-0.15, -0.1) is 0 Å². The lowest BCUT2D eigenvalue weighted by Crippen LogP contribution is -2.45. The van der Waals surface area contributed by atoms with Crippen LogP contribution in [0.1, 0.15) is 17.5 Å². The number of hydrogen-bond donors (Lipinski definition) is 2. The summed E-state index contributed by atoms with van der Waals surface area (Å²) in [6.07, 6.45) is -0.614. The van der Waals surface area contributed by atoms with Crippen molar-refractivity contribution in [3.63, 3.8) is 0 Å². The van der Waals surface area contributed by atoms with Crippen molar-refractivity contribution in [3.8, 4) is 0 Å². The smallest absolute Gasteiger partial charge is 0.426 e. The van der Waals surface area contributed by atoms with Gasteiger partial charge in [0.25, 0.3) is 5.56 Å². The Hall–Kier alpha value is -4.24. The maximum absolute atomic E-state index is 12.9. The Balaban J connectivity index is 1.38. The van der Waals surface area contributed by atoms with Crippen LogP contribution in [0, 0.1) is 5.92 Å². The van der Waals surface area contributed by atoms with E-state index in [4.69, 9.17) is 4.74 Å². The Morgan fingerprint density at radius 3 is 2.17 bits per heavy atom. The highest BCUT2D eigenvalue weighted by Gasteiger charge is 2.24. The number of benzene rings is 3. The zero-order valence-electron chi connectivity index (χ0n) is 19.4. The van der Waals surface area contributed by atoms with E-state index in [0.717, 1.165) is 15.8 Å². The van der Waals surface area contributed by atoms with E-state index in [1.165, 1.54) is 15.5 Å². The second-order valence-corrected chi connectivity index (χ2v) is 9.30. The van der Waals surface area contributed by atoms with Crippen LogP contribution in [-0.2, 0) is 33.9 Å². The van der Waals surface area contributed by atoms with Crippen LogP contribution in [0.4, 0.5) is 4.79 Å². The van der Waals surface area contributed by atoms with Gasteiger partial charge in [-0.05, 0) is 29.7 Å². The quantitative estimate of drug-likeness (QED) is 0.338. The highest BCUT2D eigenvalue weighted by Crippen LogP contribution is 2.18. The molecule has 4 rings (SSSR count). The molecule has 2 amide bonds. The fourth-order valence-electron chi connectivity index (χ4n) is 3.75. The van der Waals surface area contributed by atoms with Crippen molar-refractivity contribution in [1.82, 2.24) is 14.8 Å². The molecule has 0 saturated heterocycles. The number of hydrogen-bond acceptors (Lipinski definition) is 6. The van der Waals surface area contributed by atoms with Gasteiger partial charge in [0.15, 0.2) is 5.78 Å². The summed E-state index contributed by atoms with van der Waals surface area (Å²) in [5.41, 5.74) is 6.06. The first kappa shape index (κ1) is 24.9. The molecule has 0 aliphatic carbocycles. The molecule has 3 aromatic carbocycles. The fraction of sp³-hybridized carbons (Fsp3) is 0.185. The summed E-state index contributed by atoms with van der Waals surface area (Å²) in [6.45, 7) is -0.0678. The average molecular weight is 504 g/mol. The Morgan fingerprint density at radius 2 is 1.47 bits per heavy atom. The van der Waals surface area contributed by atoms with Crippen LogP contribution in [-0.4, -0.2) is 21.7 Å². The lowest BCUT2D eigenvalue weighted by molar-refractivity contribution is -0.130. The molecule has 1 aromatic heterocycles. The van der Waals surface area contributed by atoms with Crippen LogP contribution in [0.25, 0.3) is 10.1 Å². The van der Waals surface area contributed by atoms with E-state index >= 15 is 0 Å². The molecule has 0 aliphatic rings. The lowest BCUT2D eigenvalue weighted by Gasteiger charge is -2.17. The molecular weight excluding hydrogens is 478 g/mol. The molecule has 0 fully saturated rings. The molecule has 36 heavy (non-hydrogen) atoms. The minimum atomic E-state index is -0.811. The number of nitrogens with one attached hydrogen (secondary N) is 2. The topological polar surface area (TPSA) is 106 Å². The summed E-state index contributed by atoms with van der Waals surface area (Å²) in [5.74, 6) is -1.53. The Kier molecular flexibility index (Phi) is 8.25. The van der Waals surface area contributed by atoms with Gasteiger partial charge in [-0.1, -0.05) is 84.3 Å². The number of rotatable bonds is 9. The standard InChI is InChI=1S/C27H25N3O5S/c31-22(17-30-26(33)23-13-7-8-14-24(23)36-30)16-21(15-19-9-3-1-4-10-19)25(32)28-29-27(34)35-18-20-11-5-2-6-12-20/h1-14,21H,15-18H2,(H,28,32)(H,29,34). The molecule has 1 atom stereocenters. The van der Waals surface area contributed by atoms with Crippen LogP contribution in [0.15, 0.2) is 89.7 Å². The second-order valence-electron chi connectivity index (χ2n) is 8.23. The van der Waals surface area contributed by atoms with Crippen molar-refractivity contribution < 1.29 is 19.1 Å². The first-order chi connectivity index (χ1) is 17.5. The second kappa shape index (κ2) is 11.9. The summed E-state index contributed by atoms with van der Waals surface area (Å²) in [7, 11) is 0. The number of amides is 2. The maximum atomic E-state index is 12.9. The summed E-state index contributed by atoms with van der Waals surface area (Å²) in [4.78, 5) is 50.5. The SMILES string of the molecule is O=C(CC(Cc1ccccc1)C(=O)NNC(=O)OCc1ccccc1)Cn1sc2ccccc2c1=O. The number of nitrogens with zero attached hydrogens (tertiary/aromatic N) is 1. The monoisotopic (exact) mass is 503 g/mol. The van der Waals surface area contributed by atoms with E-state index in [2.05, 4.69) is 10.9 Å². The zero-order chi connectivity index (χ0) is 25.3. The van der Waals surface area contributed by atoms with Crippen LogP contribution in [0.3, 0.4) is 0 Å². The molecule has 184 valence electrons. The molecule has 0 aliphatic heterocycles. The van der Waals surface area contributed by atoms with E-state index in [1.54, 1.807) is 12.1 Å². The van der Waals surface area contributed by atoms with Gasteiger partial charge >= 0.3 is 6.09 Å². The van der Waals surface area contributed by atoms with Crippen LogP contribution >= 0.6 is 11.5 Å². The molecule has 1 heterocycles. The Morgan fingerprint density at radius 1 is 0.833 bits per heavy atom. The lowest BCUT2D eigenvalue weighted by atomic mass is 9.93. The largest absolute Gasteiger partial charge is 0.443 e. The minimum absolute atomic E-state index is 0.0540. The number of carbonyl (C=O) groups excluding carboxylic acids is 3. The zero-order valence-corrected chi connectivity index (χ0v) is 20.2. The molecule has 8 nitrogen and oxygen atoms in total. The van der Waals surface area contributed by atoms with Crippen LogP contribution in [0.2, 0.25) is 0 Å². The van der Waals surface area contributed by atoms with E-state index in [0.29, 0.717) is 11.8 Å². The summed E-state index contributed by atoms with van der Waals surface area (Å²) < 4.78 is 7.31. The number of fused-ring (bicyclic) bond motifs is 1. The third-order valence-corrected chi connectivity index (χ3v) is 6.61. The maximum Gasteiger partial charge on any atom is 0.426 e. The van der Waals surface area contributed by atoms with Gasteiger partial charge in [0.05, 0.1) is 22.5 Å². The van der Waals surface area contributed by atoms with E-state index < -0.39 is 17.9 Å². The number of ketones is 1. The Labute approximate surface area is 211 Å². The average Bonchev–Trinajstić information content (AvgIpc) is 3.21. The van der Waals surface area contributed by atoms with Gasteiger partial charge < -0.3 is 4.74 Å². The summed E-state index contributed by atoms with van der Waals surface area (Å²) in [6, 6.07) is 25.6. The highest BCUT2D eigenvalue weighted by molar-refractivity contribution is 7.13. The van der Waals surface area contributed by atoms with Crippen LogP contribution in [0.5, 0.6) is 0 Å². The van der Waals surface area contributed by atoms with Crippen molar-refractivity contribution in [2.24, 2.45) is 5.92 Å². The number of ether oxygens (including phenoxy) is 1. The first-order valence-corrected chi connectivity index (χ1v) is 12.2. The van der Waals surface area contributed by atoms with Crippen LogP contribution < -0.4 is 16.4 Å². The molecule has 9 heteroatoms. The third kappa shape index (κ3) is 6.67. The van der Waals surface area contributed by atoms with Gasteiger partial charge in [-0.2, -0.15) is 0 Å². The van der Waals surface area contributed by atoms with E-state index in [-0.39, 0.29) is 30.9 Å². The van der Waals surface area contributed by atoms with Gasteiger partial charge in [0.2, 0.25) is 5.91 Å². The number of aromatic nitrogens is 1. The molecule has 0 bridgehead atoms. The molecule has 1 unspecified atom stereocenters. The summed E-state index contributed by atoms with van der Waals surface area (Å²) in [5, 5.41) is 0.562.